The second-order valence-electron chi connectivity index (χ2n) is 10.4. The highest BCUT2D eigenvalue weighted by molar-refractivity contribution is 7.71. The molecule has 2 aromatic carbocycles. The van der Waals surface area contributed by atoms with Crippen molar-refractivity contribution in [1.29, 1.82) is 0 Å². The van der Waals surface area contributed by atoms with E-state index in [-0.39, 0.29) is 35.0 Å². The maximum Gasteiger partial charge on any atom is 0.393 e. The molecule has 1 aliphatic rings. The summed E-state index contributed by atoms with van der Waals surface area (Å²) in [4.78, 5) is 2.11. The van der Waals surface area contributed by atoms with E-state index in [0.717, 1.165) is 11.3 Å². The Labute approximate surface area is 251 Å². The van der Waals surface area contributed by atoms with Crippen molar-refractivity contribution >= 4 is 45.2 Å². The van der Waals surface area contributed by atoms with Gasteiger partial charge >= 0.3 is 12.8 Å². The fourth-order valence-electron chi connectivity index (χ4n) is 5.14. The topological polar surface area (TPSA) is 53.6 Å². The molecule has 1 fully saturated rings. The first-order chi connectivity index (χ1) is 20.3. The van der Waals surface area contributed by atoms with E-state index in [9.17, 15) is 30.9 Å². The number of anilines is 2. The van der Waals surface area contributed by atoms with Gasteiger partial charge in [0.2, 0.25) is 0 Å². The molecule has 43 heavy (non-hydrogen) atoms. The number of likely N-dealkylation sites (tertiary alicyclic amines) is 1. The Kier molecular flexibility index (Phi) is 10.6. The van der Waals surface area contributed by atoms with E-state index in [1.165, 1.54) is 12.1 Å². The van der Waals surface area contributed by atoms with E-state index in [1.54, 1.807) is 38.1 Å². The number of hydrogen-bond donors (Lipinski definition) is 2. The van der Waals surface area contributed by atoms with Crippen LogP contribution in [0.15, 0.2) is 36.4 Å². The normalized spacial score (nSPS) is 18.0. The van der Waals surface area contributed by atoms with E-state index < -0.39 is 38.6 Å². The van der Waals surface area contributed by atoms with Crippen LogP contribution in [0.5, 0.6) is 5.75 Å². The van der Waals surface area contributed by atoms with E-state index in [4.69, 9.17) is 0 Å². The lowest BCUT2D eigenvalue weighted by Gasteiger charge is -2.33. The van der Waals surface area contributed by atoms with Crippen molar-refractivity contribution in [3.05, 3.63) is 46.8 Å². The Bertz CT molecular complexity index is 1530. The number of fused-ring (bicyclic) bond motifs is 1. The quantitative estimate of drug-likeness (QED) is 0.136. The third-order valence-corrected chi connectivity index (χ3v) is 12.0. The summed E-state index contributed by atoms with van der Waals surface area (Å²) in [5.41, 5.74) is 0.777. The molecule has 0 amide bonds. The van der Waals surface area contributed by atoms with Crippen LogP contribution in [-0.4, -0.2) is 68.9 Å². The molecule has 1 saturated heterocycles. The molecule has 2 unspecified atom stereocenters. The first-order valence-electron chi connectivity index (χ1n) is 13.9. The molecule has 1 aliphatic heterocycles. The van der Waals surface area contributed by atoms with E-state index in [1.807, 2.05) is 11.9 Å². The van der Waals surface area contributed by atoms with Crippen molar-refractivity contribution in [2.75, 3.05) is 49.6 Å². The molecular weight excluding hydrogens is 611 g/mol. The molecule has 4 rings (SSSR count). The first-order valence-corrected chi connectivity index (χ1v) is 16.8. The van der Waals surface area contributed by atoms with Gasteiger partial charge in [0.15, 0.2) is 0 Å². The summed E-state index contributed by atoms with van der Waals surface area (Å²) in [7, 11) is -0.917. The molecule has 3 aromatic rings. The summed E-state index contributed by atoms with van der Waals surface area (Å²) >= 11 is 1.10. The van der Waals surface area contributed by atoms with Crippen LogP contribution in [0.4, 0.5) is 37.7 Å². The predicted molar refractivity (Wildman–Crippen MR) is 163 cm³/mol. The number of hydrogen-bond acceptors (Lipinski definition) is 6. The number of halogens is 6. The molecular formula is C30H34F6N3O2PS. The van der Waals surface area contributed by atoms with Gasteiger partial charge in [0.05, 0.1) is 40.0 Å². The summed E-state index contributed by atoms with van der Waals surface area (Å²) in [6, 6.07) is 8.92. The standard InChI is InChI=1S/C30H34F6N3O2PS/c1-4-42(40,5-2)19-11-12-24(26(16-19)41-29(32)33)37-14-7-10-27-21(17-30(34,35)36)20-8-6-9-25(28(20)43-27)38-23-13-15-39(3)18-22(23)31/h6,8-9,11-12,16,22-23,29,37-38H,4-5,13-15,17-18H2,1-3H3. The van der Waals surface area contributed by atoms with Crippen LogP contribution in [-0.2, 0) is 11.0 Å². The van der Waals surface area contributed by atoms with Crippen molar-refractivity contribution in [3.8, 4) is 17.6 Å². The Morgan fingerprint density at radius 1 is 1.16 bits per heavy atom. The molecule has 5 nitrogen and oxygen atoms in total. The molecule has 0 spiro atoms. The number of alkyl halides is 6. The summed E-state index contributed by atoms with van der Waals surface area (Å²) in [5.74, 6) is 5.43. The van der Waals surface area contributed by atoms with E-state index >= 15 is 0 Å². The van der Waals surface area contributed by atoms with Crippen molar-refractivity contribution < 1.29 is 35.6 Å². The lowest BCUT2D eigenvalue weighted by atomic mass is 10.0. The highest BCUT2D eigenvalue weighted by Crippen LogP contribution is 2.45. The van der Waals surface area contributed by atoms with Crippen LogP contribution in [0.2, 0.25) is 0 Å². The summed E-state index contributed by atoms with van der Waals surface area (Å²) in [5, 5.41) is 6.91. The second-order valence-corrected chi connectivity index (χ2v) is 15.0. The minimum absolute atomic E-state index is 0.0322. The Hall–Kier alpha value is -2.87. The largest absolute Gasteiger partial charge is 0.433 e. The van der Waals surface area contributed by atoms with Crippen molar-refractivity contribution in [2.45, 2.75) is 51.7 Å². The average Bonchev–Trinajstić information content (AvgIpc) is 3.29. The SMILES string of the molecule is CCP(=O)(CC)c1ccc(NCC#Cc2sc3c(NC4CCN(C)CC4F)cccc3c2CC(F)(F)F)c(OC(F)F)c1. The van der Waals surface area contributed by atoms with Gasteiger partial charge in [-0.2, -0.15) is 22.0 Å². The van der Waals surface area contributed by atoms with Crippen LogP contribution in [0.1, 0.15) is 30.7 Å². The zero-order valence-corrected chi connectivity index (χ0v) is 25.7. The fourth-order valence-corrected chi connectivity index (χ4v) is 8.18. The van der Waals surface area contributed by atoms with Crippen LogP contribution in [0.25, 0.3) is 10.1 Å². The van der Waals surface area contributed by atoms with Gasteiger partial charge in [0, 0.05) is 30.7 Å². The molecule has 234 valence electrons. The van der Waals surface area contributed by atoms with Crippen LogP contribution >= 0.6 is 18.5 Å². The van der Waals surface area contributed by atoms with Crippen molar-refractivity contribution in [2.24, 2.45) is 0 Å². The zero-order valence-electron chi connectivity index (χ0n) is 24.0. The number of rotatable bonds is 10. The van der Waals surface area contributed by atoms with Crippen LogP contribution in [0.3, 0.4) is 0 Å². The van der Waals surface area contributed by atoms with Gasteiger partial charge in [-0.15, -0.1) is 11.3 Å². The highest BCUT2D eigenvalue weighted by Gasteiger charge is 2.32. The number of ether oxygens (including phenoxy) is 1. The molecule has 2 heterocycles. The number of piperidine rings is 1. The highest BCUT2D eigenvalue weighted by atomic mass is 32.1. The van der Waals surface area contributed by atoms with Gasteiger partial charge in [0.25, 0.3) is 0 Å². The van der Waals surface area contributed by atoms with Crippen molar-refractivity contribution in [1.82, 2.24) is 4.90 Å². The van der Waals surface area contributed by atoms with Gasteiger partial charge in [-0.05, 0) is 48.7 Å². The lowest BCUT2D eigenvalue weighted by molar-refractivity contribution is -0.126. The number of benzene rings is 2. The first kappa shape index (κ1) is 33.0. The molecule has 1 aromatic heterocycles. The number of nitrogens with one attached hydrogen (secondary N) is 2. The third-order valence-electron chi connectivity index (χ3n) is 7.52. The van der Waals surface area contributed by atoms with Gasteiger partial charge in [-0.25, -0.2) is 4.39 Å². The zero-order chi connectivity index (χ0) is 31.4. The molecule has 13 heteroatoms. The Morgan fingerprint density at radius 3 is 2.56 bits per heavy atom. The van der Waals surface area contributed by atoms with E-state index in [0.29, 0.717) is 46.4 Å². The molecule has 0 radical (unpaired) electrons. The second kappa shape index (κ2) is 13.8. The fraction of sp³-hybridized carbons (Fsp3) is 0.467. The summed E-state index contributed by atoms with van der Waals surface area (Å²) in [6.45, 7) is 1.31. The monoisotopic (exact) mass is 645 g/mol. The molecule has 0 aliphatic carbocycles. The molecule has 2 N–H and O–H groups in total. The predicted octanol–water partition coefficient (Wildman–Crippen LogP) is 7.55. The van der Waals surface area contributed by atoms with Crippen LogP contribution < -0.4 is 20.7 Å². The average molecular weight is 646 g/mol. The maximum absolute atomic E-state index is 14.7. The minimum Gasteiger partial charge on any atom is -0.433 e. The molecule has 2 atom stereocenters. The van der Waals surface area contributed by atoms with E-state index in [2.05, 4.69) is 27.2 Å². The lowest BCUT2D eigenvalue weighted by Crippen LogP contribution is -2.46. The van der Waals surface area contributed by atoms with Gasteiger partial charge < -0.3 is 24.8 Å². The smallest absolute Gasteiger partial charge is 0.393 e. The van der Waals surface area contributed by atoms with Gasteiger partial charge in [-0.3, -0.25) is 0 Å². The number of nitrogens with zero attached hydrogens (tertiary/aromatic N) is 1. The summed E-state index contributed by atoms with van der Waals surface area (Å²) in [6.07, 6.45) is -5.50. The van der Waals surface area contributed by atoms with Crippen molar-refractivity contribution in [3.63, 3.8) is 0 Å². The molecule has 0 bridgehead atoms. The number of thiophene rings is 1. The van der Waals surface area contributed by atoms with Gasteiger partial charge in [-0.1, -0.05) is 37.8 Å². The van der Waals surface area contributed by atoms with Gasteiger partial charge in [0.1, 0.15) is 19.1 Å². The Morgan fingerprint density at radius 2 is 1.91 bits per heavy atom. The Balaban J connectivity index is 1.61. The molecule has 0 saturated carbocycles. The van der Waals surface area contributed by atoms with Crippen LogP contribution in [0, 0.1) is 11.8 Å². The maximum atomic E-state index is 14.7. The minimum atomic E-state index is -4.48. The third kappa shape index (κ3) is 8.20. The summed E-state index contributed by atoms with van der Waals surface area (Å²) < 4.78 is 100.